The van der Waals surface area contributed by atoms with E-state index in [9.17, 15) is 0 Å². The molecule has 0 heterocycles. The van der Waals surface area contributed by atoms with E-state index in [1.54, 1.807) is 0 Å². The van der Waals surface area contributed by atoms with Gasteiger partial charge in [-0.25, -0.2) is 0 Å². The summed E-state index contributed by atoms with van der Waals surface area (Å²) in [5, 5.41) is 3.22. The lowest BCUT2D eigenvalue weighted by atomic mass is 9.84. The van der Waals surface area contributed by atoms with E-state index in [1.165, 1.54) is 5.57 Å². The van der Waals surface area contributed by atoms with Crippen LogP contribution in [0.25, 0.3) is 0 Å². The molecule has 0 aromatic rings. The summed E-state index contributed by atoms with van der Waals surface area (Å²) >= 11 is 0. The van der Waals surface area contributed by atoms with Crippen molar-refractivity contribution in [3.8, 4) is 0 Å². The SMILES string of the molecule is CNCC1C(C)=CC=CC1C. The van der Waals surface area contributed by atoms with Crippen molar-refractivity contribution in [1.82, 2.24) is 5.32 Å². The summed E-state index contributed by atoms with van der Waals surface area (Å²) in [6.07, 6.45) is 6.64. The first-order valence-electron chi connectivity index (χ1n) is 4.25. The van der Waals surface area contributed by atoms with Gasteiger partial charge < -0.3 is 5.32 Å². The standard InChI is InChI=1S/C10H17N/c1-8-5-4-6-9(2)10(8)7-11-3/h4-6,8,10-11H,7H2,1-3H3. The van der Waals surface area contributed by atoms with Gasteiger partial charge in [-0.05, 0) is 25.8 Å². The van der Waals surface area contributed by atoms with E-state index in [-0.39, 0.29) is 0 Å². The Morgan fingerprint density at radius 3 is 2.82 bits per heavy atom. The van der Waals surface area contributed by atoms with Crippen molar-refractivity contribution >= 4 is 0 Å². The summed E-state index contributed by atoms with van der Waals surface area (Å²) in [6.45, 7) is 5.57. The van der Waals surface area contributed by atoms with Gasteiger partial charge in [0.05, 0.1) is 0 Å². The molecule has 0 aromatic carbocycles. The Morgan fingerprint density at radius 1 is 1.55 bits per heavy atom. The molecule has 0 spiro atoms. The quantitative estimate of drug-likeness (QED) is 0.636. The van der Waals surface area contributed by atoms with Crippen LogP contribution in [-0.2, 0) is 0 Å². The third-order valence-corrected chi connectivity index (χ3v) is 2.42. The maximum absolute atomic E-state index is 3.22. The first-order valence-corrected chi connectivity index (χ1v) is 4.25. The van der Waals surface area contributed by atoms with Crippen LogP contribution in [0.15, 0.2) is 23.8 Å². The zero-order valence-electron chi connectivity index (χ0n) is 7.59. The molecular weight excluding hydrogens is 134 g/mol. The number of rotatable bonds is 2. The van der Waals surface area contributed by atoms with Gasteiger partial charge in [0.15, 0.2) is 0 Å². The zero-order valence-corrected chi connectivity index (χ0v) is 7.59. The average molecular weight is 151 g/mol. The van der Waals surface area contributed by atoms with E-state index < -0.39 is 0 Å². The second-order valence-corrected chi connectivity index (χ2v) is 3.32. The molecule has 0 saturated carbocycles. The van der Waals surface area contributed by atoms with E-state index in [0.29, 0.717) is 11.8 Å². The van der Waals surface area contributed by atoms with Crippen LogP contribution < -0.4 is 5.32 Å². The molecule has 1 aliphatic carbocycles. The molecule has 1 nitrogen and oxygen atoms in total. The largest absolute Gasteiger partial charge is 0.319 e. The van der Waals surface area contributed by atoms with E-state index in [0.717, 1.165) is 6.54 Å². The van der Waals surface area contributed by atoms with Gasteiger partial charge in [-0.3, -0.25) is 0 Å². The molecule has 0 fully saturated rings. The maximum atomic E-state index is 3.22. The summed E-state index contributed by atoms with van der Waals surface area (Å²) in [6, 6.07) is 0. The first kappa shape index (κ1) is 8.54. The van der Waals surface area contributed by atoms with E-state index >= 15 is 0 Å². The van der Waals surface area contributed by atoms with Crippen LogP contribution in [0.5, 0.6) is 0 Å². The summed E-state index contributed by atoms with van der Waals surface area (Å²) in [5.41, 5.74) is 1.49. The fourth-order valence-electron chi connectivity index (χ4n) is 1.62. The highest BCUT2D eigenvalue weighted by Crippen LogP contribution is 2.24. The normalized spacial score (nSPS) is 30.3. The molecule has 0 radical (unpaired) electrons. The molecule has 2 unspecified atom stereocenters. The van der Waals surface area contributed by atoms with Crippen molar-refractivity contribution < 1.29 is 0 Å². The van der Waals surface area contributed by atoms with E-state index in [1.807, 2.05) is 7.05 Å². The third-order valence-electron chi connectivity index (χ3n) is 2.42. The highest BCUT2D eigenvalue weighted by Gasteiger charge is 2.17. The first-order chi connectivity index (χ1) is 5.25. The Bertz CT molecular complexity index is 179. The highest BCUT2D eigenvalue weighted by molar-refractivity contribution is 5.21. The fourth-order valence-corrected chi connectivity index (χ4v) is 1.62. The van der Waals surface area contributed by atoms with Crippen molar-refractivity contribution in [2.24, 2.45) is 11.8 Å². The van der Waals surface area contributed by atoms with Crippen molar-refractivity contribution in [3.63, 3.8) is 0 Å². The van der Waals surface area contributed by atoms with Gasteiger partial charge in [-0.1, -0.05) is 30.7 Å². The van der Waals surface area contributed by atoms with Crippen LogP contribution in [-0.4, -0.2) is 13.6 Å². The van der Waals surface area contributed by atoms with Crippen molar-refractivity contribution in [3.05, 3.63) is 23.8 Å². The topological polar surface area (TPSA) is 12.0 Å². The van der Waals surface area contributed by atoms with Gasteiger partial charge in [-0.2, -0.15) is 0 Å². The molecule has 0 amide bonds. The summed E-state index contributed by atoms with van der Waals surface area (Å²) in [7, 11) is 2.01. The summed E-state index contributed by atoms with van der Waals surface area (Å²) < 4.78 is 0. The Balaban J connectivity index is 2.62. The second kappa shape index (κ2) is 3.72. The molecule has 11 heavy (non-hydrogen) atoms. The minimum absolute atomic E-state index is 0.687. The summed E-state index contributed by atoms with van der Waals surface area (Å²) in [4.78, 5) is 0. The minimum Gasteiger partial charge on any atom is -0.319 e. The monoisotopic (exact) mass is 151 g/mol. The van der Waals surface area contributed by atoms with Gasteiger partial charge in [0.2, 0.25) is 0 Å². The lowest BCUT2D eigenvalue weighted by Gasteiger charge is -2.24. The average Bonchev–Trinajstić information content (AvgIpc) is 1.97. The summed E-state index contributed by atoms with van der Waals surface area (Å²) in [5.74, 6) is 1.39. The van der Waals surface area contributed by atoms with Crippen molar-refractivity contribution in [2.45, 2.75) is 13.8 Å². The molecule has 0 bridgehead atoms. The smallest absolute Gasteiger partial charge is 0.00194 e. The van der Waals surface area contributed by atoms with E-state index in [4.69, 9.17) is 0 Å². The predicted molar refractivity (Wildman–Crippen MR) is 49.5 cm³/mol. The van der Waals surface area contributed by atoms with Gasteiger partial charge in [0, 0.05) is 6.54 Å². The highest BCUT2D eigenvalue weighted by atomic mass is 14.8. The predicted octanol–water partition coefficient (Wildman–Crippen LogP) is 1.97. The van der Waals surface area contributed by atoms with Crippen molar-refractivity contribution in [2.75, 3.05) is 13.6 Å². The van der Waals surface area contributed by atoms with Gasteiger partial charge in [0.1, 0.15) is 0 Å². The molecule has 2 atom stereocenters. The minimum atomic E-state index is 0.687. The molecule has 0 aliphatic heterocycles. The van der Waals surface area contributed by atoms with E-state index in [2.05, 4.69) is 37.4 Å². The number of nitrogens with one attached hydrogen (secondary N) is 1. The zero-order chi connectivity index (χ0) is 8.27. The fraction of sp³-hybridized carbons (Fsp3) is 0.600. The molecule has 0 aromatic heterocycles. The maximum Gasteiger partial charge on any atom is 0.00194 e. The Morgan fingerprint density at radius 2 is 2.27 bits per heavy atom. The number of hydrogen-bond acceptors (Lipinski definition) is 1. The molecular formula is C10H17N. The Labute approximate surface area is 69.2 Å². The van der Waals surface area contributed by atoms with Crippen LogP contribution >= 0.6 is 0 Å². The van der Waals surface area contributed by atoms with Gasteiger partial charge in [-0.15, -0.1) is 0 Å². The number of allylic oxidation sites excluding steroid dienone is 3. The molecule has 1 N–H and O–H groups in total. The lowest BCUT2D eigenvalue weighted by molar-refractivity contribution is 0.459. The van der Waals surface area contributed by atoms with Gasteiger partial charge >= 0.3 is 0 Å². The van der Waals surface area contributed by atoms with Crippen LogP contribution in [0.3, 0.4) is 0 Å². The molecule has 0 saturated heterocycles. The third kappa shape index (κ3) is 1.93. The van der Waals surface area contributed by atoms with Crippen LogP contribution in [0.1, 0.15) is 13.8 Å². The molecule has 1 aliphatic rings. The number of hydrogen-bond donors (Lipinski definition) is 1. The van der Waals surface area contributed by atoms with Crippen molar-refractivity contribution in [1.29, 1.82) is 0 Å². The molecule has 1 heteroatoms. The molecule has 62 valence electrons. The van der Waals surface area contributed by atoms with Crippen LogP contribution in [0.2, 0.25) is 0 Å². The van der Waals surface area contributed by atoms with Crippen LogP contribution in [0.4, 0.5) is 0 Å². The second-order valence-electron chi connectivity index (χ2n) is 3.32. The van der Waals surface area contributed by atoms with Crippen LogP contribution in [0, 0.1) is 11.8 Å². The molecule has 1 rings (SSSR count). The van der Waals surface area contributed by atoms with Gasteiger partial charge in [0.25, 0.3) is 0 Å². The Kier molecular flexibility index (Phi) is 2.89. The Hall–Kier alpha value is -0.560. The lowest BCUT2D eigenvalue weighted by Crippen LogP contribution is -2.25.